The number of esters is 1. The molecule has 0 radical (unpaired) electrons. The summed E-state index contributed by atoms with van der Waals surface area (Å²) in [5.74, 6) is -0.486. The number of aryl methyl sites for hydroxylation is 1. The van der Waals surface area contributed by atoms with Crippen molar-refractivity contribution in [2.24, 2.45) is 0 Å². The summed E-state index contributed by atoms with van der Waals surface area (Å²) in [7, 11) is 1.67. The van der Waals surface area contributed by atoms with Crippen LogP contribution in [0.3, 0.4) is 0 Å². The molecule has 0 atom stereocenters. The van der Waals surface area contributed by atoms with Crippen LogP contribution in [-0.2, 0) is 16.0 Å². The van der Waals surface area contributed by atoms with Gasteiger partial charge in [0, 0.05) is 19.9 Å². The Bertz CT molecular complexity index is 413. The zero-order valence-electron chi connectivity index (χ0n) is 11.4. The molecule has 0 fully saturated rings. The van der Waals surface area contributed by atoms with Crippen molar-refractivity contribution in [3.63, 3.8) is 0 Å². The molecule has 1 rings (SSSR count). The molecule has 0 bridgehead atoms. The fraction of sp³-hybridized carbons (Fsp3) is 0.667. The lowest BCUT2D eigenvalue weighted by Gasteiger charge is -2.22. The van der Waals surface area contributed by atoms with Crippen molar-refractivity contribution in [3.8, 4) is 0 Å². The van der Waals surface area contributed by atoms with Gasteiger partial charge in [-0.2, -0.15) is 5.10 Å². The molecule has 1 aromatic rings. The van der Waals surface area contributed by atoms with Crippen LogP contribution < -0.4 is 5.73 Å². The summed E-state index contributed by atoms with van der Waals surface area (Å²) in [6.07, 6.45) is 2.41. The molecule has 0 unspecified atom stereocenters. The highest BCUT2D eigenvalue weighted by atomic mass is 16.5. The summed E-state index contributed by atoms with van der Waals surface area (Å²) in [6, 6.07) is 0. The minimum absolute atomic E-state index is 0.173. The van der Waals surface area contributed by atoms with Gasteiger partial charge in [-0.1, -0.05) is 0 Å². The van der Waals surface area contributed by atoms with Crippen LogP contribution >= 0.6 is 0 Å². The number of nitrogen functional groups attached to an aromatic ring is 1. The highest BCUT2D eigenvalue weighted by Crippen LogP contribution is 2.16. The summed E-state index contributed by atoms with van der Waals surface area (Å²) >= 11 is 0. The van der Waals surface area contributed by atoms with Crippen molar-refractivity contribution in [3.05, 3.63) is 11.9 Å². The van der Waals surface area contributed by atoms with Gasteiger partial charge in [0.15, 0.2) is 5.69 Å². The fourth-order valence-corrected chi connectivity index (χ4v) is 1.40. The summed E-state index contributed by atoms with van der Waals surface area (Å²) < 4.78 is 11.8. The SMILES string of the molecule is CCOC(=O)c1nn(CCC(C)(C)OC)cc1N. The summed E-state index contributed by atoms with van der Waals surface area (Å²) in [4.78, 5) is 11.5. The Morgan fingerprint density at radius 1 is 1.56 bits per heavy atom. The van der Waals surface area contributed by atoms with Gasteiger partial charge < -0.3 is 15.2 Å². The van der Waals surface area contributed by atoms with E-state index in [0.29, 0.717) is 18.8 Å². The van der Waals surface area contributed by atoms with E-state index in [0.717, 1.165) is 6.42 Å². The van der Waals surface area contributed by atoms with Crippen molar-refractivity contribution >= 4 is 11.7 Å². The van der Waals surface area contributed by atoms with Crippen LogP contribution in [0.25, 0.3) is 0 Å². The van der Waals surface area contributed by atoms with Gasteiger partial charge >= 0.3 is 5.97 Å². The molecule has 0 spiro atoms. The number of nitrogens with zero attached hydrogens (tertiary/aromatic N) is 2. The number of hydrogen-bond acceptors (Lipinski definition) is 5. The van der Waals surface area contributed by atoms with Gasteiger partial charge in [0.2, 0.25) is 0 Å². The second kappa shape index (κ2) is 5.86. The molecule has 2 N–H and O–H groups in total. The maximum atomic E-state index is 11.5. The predicted molar refractivity (Wildman–Crippen MR) is 68.3 cm³/mol. The molecule has 1 heterocycles. The van der Waals surface area contributed by atoms with Gasteiger partial charge in [-0.15, -0.1) is 0 Å². The number of nitrogens with two attached hydrogens (primary N) is 1. The first-order valence-corrected chi connectivity index (χ1v) is 5.95. The number of rotatable bonds is 6. The highest BCUT2D eigenvalue weighted by molar-refractivity contribution is 5.92. The summed E-state index contributed by atoms with van der Waals surface area (Å²) in [6.45, 7) is 6.66. The monoisotopic (exact) mass is 255 g/mol. The van der Waals surface area contributed by atoms with Crippen LogP contribution in [-0.4, -0.2) is 35.1 Å². The number of anilines is 1. The molecule has 0 saturated heterocycles. The number of aromatic nitrogens is 2. The van der Waals surface area contributed by atoms with Crippen LogP contribution in [0.4, 0.5) is 5.69 Å². The first-order valence-electron chi connectivity index (χ1n) is 5.95. The van der Waals surface area contributed by atoms with Crippen LogP contribution in [0.2, 0.25) is 0 Å². The lowest BCUT2D eigenvalue weighted by Crippen LogP contribution is -2.24. The Kier molecular flexibility index (Phi) is 4.72. The first kappa shape index (κ1) is 14.5. The Morgan fingerprint density at radius 2 is 2.22 bits per heavy atom. The van der Waals surface area contributed by atoms with Gasteiger partial charge in [0.25, 0.3) is 0 Å². The third-order valence-electron chi connectivity index (χ3n) is 2.75. The maximum Gasteiger partial charge on any atom is 0.361 e. The average Bonchev–Trinajstić information content (AvgIpc) is 2.69. The third kappa shape index (κ3) is 3.73. The third-order valence-corrected chi connectivity index (χ3v) is 2.75. The van der Waals surface area contributed by atoms with E-state index in [1.165, 1.54) is 0 Å². The predicted octanol–water partition coefficient (Wildman–Crippen LogP) is 1.46. The van der Waals surface area contributed by atoms with Crippen molar-refractivity contribution in [1.29, 1.82) is 0 Å². The standard InChI is InChI=1S/C12H21N3O3/c1-5-18-11(16)10-9(13)8-15(14-10)7-6-12(2,3)17-4/h8H,5-7,13H2,1-4H3. The second-order valence-corrected chi connectivity index (χ2v) is 4.63. The van der Waals surface area contributed by atoms with Crippen molar-refractivity contribution in [2.45, 2.75) is 39.3 Å². The lowest BCUT2D eigenvalue weighted by atomic mass is 10.1. The zero-order valence-corrected chi connectivity index (χ0v) is 11.4. The van der Waals surface area contributed by atoms with E-state index >= 15 is 0 Å². The molecule has 0 aliphatic carbocycles. The molecule has 0 saturated carbocycles. The number of carbonyl (C=O) groups is 1. The van der Waals surface area contributed by atoms with E-state index < -0.39 is 5.97 Å². The van der Waals surface area contributed by atoms with E-state index in [-0.39, 0.29) is 11.3 Å². The number of carbonyl (C=O) groups excluding carboxylic acids is 1. The van der Waals surface area contributed by atoms with Gasteiger partial charge in [-0.25, -0.2) is 4.79 Å². The van der Waals surface area contributed by atoms with Crippen molar-refractivity contribution in [2.75, 3.05) is 19.5 Å². The Morgan fingerprint density at radius 3 is 2.78 bits per heavy atom. The first-order chi connectivity index (χ1) is 8.39. The van der Waals surface area contributed by atoms with Gasteiger partial charge in [-0.3, -0.25) is 4.68 Å². The Labute approximate surface area is 107 Å². The van der Waals surface area contributed by atoms with E-state index in [1.54, 1.807) is 24.9 Å². The highest BCUT2D eigenvalue weighted by Gasteiger charge is 2.19. The van der Waals surface area contributed by atoms with Gasteiger partial charge in [-0.05, 0) is 27.2 Å². The van der Waals surface area contributed by atoms with E-state index in [4.69, 9.17) is 15.2 Å². The van der Waals surface area contributed by atoms with Crippen LogP contribution in [0.15, 0.2) is 6.20 Å². The largest absolute Gasteiger partial charge is 0.461 e. The van der Waals surface area contributed by atoms with E-state index in [1.807, 2.05) is 13.8 Å². The minimum Gasteiger partial charge on any atom is -0.461 e. The van der Waals surface area contributed by atoms with E-state index in [9.17, 15) is 4.79 Å². The fourth-order valence-electron chi connectivity index (χ4n) is 1.40. The number of hydrogen-bond donors (Lipinski definition) is 1. The Balaban J connectivity index is 2.70. The minimum atomic E-state index is -0.486. The molecule has 1 aromatic heterocycles. The summed E-state index contributed by atoms with van der Waals surface area (Å²) in [5, 5.41) is 4.13. The molecule has 6 nitrogen and oxygen atoms in total. The summed E-state index contributed by atoms with van der Waals surface area (Å²) in [5.41, 5.74) is 6.01. The molecule has 0 amide bonds. The molecule has 0 aromatic carbocycles. The number of ether oxygens (including phenoxy) is 2. The lowest BCUT2D eigenvalue weighted by molar-refractivity contribution is 0.0113. The molecule has 0 aliphatic rings. The smallest absolute Gasteiger partial charge is 0.361 e. The van der Waals surface area contributed by atoms with Crippen molar-refractivity contribution in [1.82, 2.24) is 9.78 Å². The topological polar surface area (TPSA) is 79.4 Å². The van der Waals surface area contributed by atoms with Crippen LogP contribution in [0.1, 0.15) is 37.7 Å². The molecule has 102 valence electrons. The van der Waals surface area contributed by atoms with Crippen molar-refractivity contribution < 1.29 is 14.3 Å². The second-order valence-electron chi connectivity index (χ2n) is 4.63. The molecule has 0 aliphatic heterocycles. The quantitative estimate of drug-likeness (QED) is 0.778. The molecule has 6 heteroatoms. The van der Waals surface area contributed by atoms with Crippen LogP contribution in [0, 0.1) is 0 Å². The molecular weight excluding hydrogens is 234 g/mol. The molecular formula is C12H21N3O3. The zero-order chi connectivity index (χ0) is 13.8. The van der Waals surface area contributed by atoms with Gasteiger partial charge in [0.1, 0.15) is 0 Å². The normalized spacial score (nSPS) is 11.6. The Hall–Kier alpha value is -1.56. The average molecular weight is 255 g/mol. The van der Waals surface area contributed by atoms with Gasteiger partial charge in [0.05, 0.1) is 17.9 Å². The maximum absolute atomic E-state index is 11.5. The molecule has 18 heavy (non-hydrogen) atoms. The number of methoxy groups -OCH3 is 1. The van der Waals surface area contributed by atoms with Crippen LogP contribution in [0.5, 0.6) is 0 Å². The van der Waals surface area contributed by atoms with E-state index in [2.05, 4.69) is 5.10 Å².